The van der Waals surface area contributed by atoms with Crippen LogP contribution in [0.5, 0.6) is 5.75 Å². The molecule has 0 amide bonds. The Morgan fingerprint density at radius 3 is 2.42 bits per heavy atom. The van der Waals surface area contributed by atoms with Gasteiger partial charge in [0, 0.05) is 6.54 Å². The molecule has 2 rings (SSSR count). The van der Waals surface area contributed by atoms with E-state index in [1.807, 2.05) is 12.1 Å². The van der Waals surface area contributed by atoms with E-state index >= 15 is 0 Å². The highest BCUT2D eigenvalue weighted by Gasteiger charge is 2.05. The Bertz CT molecular complexity index is 554. The lowest BCUT2D eigenvalue weighted by atomic mass is 10.1. The second-order valence-electron chi connectivity index (χ2n) is 3.87. The third-order valence-electron chi connectivity index (χ3n) is 2.48. The Hall–Kier alpha value is -2.70. The Labute approximate surface area is 109 Å². The first-order chi connectivity index (χ1) is 9.15. The second-order valence-corrected chi connectivity index (χ2v) is 3.87. The van der Waals surface area contributed by atoms with Gasteiger partial charge in [-0.3, -0.25) is 10.1 Å². The van der Waals surface area contributed by atoms with Gasteiger partial charge >= 0.3 is 5.69 Å². The number of nitrogens with one attached hydrogen (secondary N) is 1. The van der Waals surface area contributed by atoms with Crippen molar-refractivity contribution < 1.29 is 10.0 Å². The maximum atomic E-state index is 10.4. The lowest BCUT2D eigenvalue weighted by Gasteiger charge is -2.04. The van der Waals surface area contributed by atoms with Crippen LogP contribution in [0.15, 0.2) is 36.7 Å². The SMILES string of the molecule is O=[N+]([O-])c1cnc(NCCc2ccc(O)cc2)nc1. The Morgan fingerprint density at radius 2 is 1.84 bits per heavy atom. The predicted molar refractivity (Wildman–Crippen MR) is 69.0 cm³/mol. The molecule has 0 fully saturated rings. The van der Waals surface area contributed by atoms with E-state index in [0.29, 0.717) is 12.5 Å². The highest BCUT2D eigenvalue weighted by molar-refractivity contribution is 5.31. The third kappa shape index (κ3) is 3.63. The van der Waals surface area contributed by atoms with Gasteiger partial charge < -0.3 is 10.4 Å². The van der Waals surface area contributed by atoms with Crippen molar-refractivity contribution in [3.05, 3.63) is 52.3 Å². The van der Waals surface area contributed by atoms with Crippen molar-refractivity contribution in [2.24, 2.45) is 0 Å². The van der Waals surface area contributed by atoms with Crippen LogP contribution >= 0.6 is 0 Å². The van der Waals surface area contributed by atoms with Crippen molar-refractivity contribution >= 4 is 11.6 Å². The van der Waals surface area contributed by atoms with Gasteiger partial charge in [0.1, 0.15) is 18.1 Å². The van der Waals surface area contributed by atoms with E-state index in [2.05, 4.69) is 15.3 Å². The summed E-state index contributed by atoms with van der Waals surface area (Å²) in [5.74, 6) is 0.583. The predicted octanol–water partition coefficient (Wildman–Crippen LogP) is 1.74. The molecule has 98 valence electrons. The van der Waals surface area contributed by atoms with Crippen molar-refractivity contribution in [2.45, 2.75) is 6.42 Å². The van der Waals surface area contributed by atoms with E-state index in [1.54, 1.807) is 12.1 Å². The zero-order valence-electron chi connectivity index (χ0n) is 9.98. The standard InChI is InChI=1S/C12H12N4O3/c17-11-3-1-9(2-4-11)5-6-13-12-14-7-10(8-15-12)16(18)19/h1-4,7-8,17H,5-6H2,(H,13,14,15). The number of phenols is 1. The summed E-state index contributed by atoms with van der Waals surface area (Å²) < 4.78 is 0. The molecule has 1 heterocycles. The normalized spacial score (nSPS) is 10.1. The van der Waals surface area contributed by atoms with Crippen LogP contribution in [-0.4, -0.2) is 26.5 Å². The molecular weight excluding hydrogens is 248 g/mol. The summed E-state index contributed by atoms with van der Waals surface area (Å²) in [6.45, 7) is 0.600. The highest BCUT2D eigenvalue weighted by Crippen LogP contribution is 2.11. The van der Waals surface area contributed by atoms with E-state index in [1.165, 1.54) is 0 Å². The fourth-order valence-electron chi connectivity index (χ4n) is 1.49. The maximum Gasteiger partial charge on any atom is 0.305 e. The Kier molecular flexibility index (Phi) is 3.87. The fraction of sp³-hybridized carbons (Fsp3) is 0.167. The molecule has 0 aliphatic rings. The van der Waals surface area contributed by atoms with Crippen LogP contribution in [0.2, 0.25) is 0 Å². The van der Waals surface area contributed by atoms with E-state index in [4.69, 9.17) is 5.11 Å². The summed E-state index contributed by atoms with van der Waals surface area (Å²) in [5.41, 5.74) is 0.927. The van der Waals surface area contributed by atoms with Gasteiger partial charge in [-0.05, 0) is 24.1 Å². The summed E-state index contributed by atoms with van der Waals surface area (Å²) in [7, 11) is 0. The topological polar surface area (TPSA) is 101 Å². The van der Waals surface area contributed by atoms with Crippen molar-refractivity contribution in [3.8, 4) is 5.75 Å². The van der Waals surface area contributed by atoms with Crippen LogP contribution in [0, 0.1) is 10.1 Å². The smallest absolute Gasteiger partial charge is 0.305 e. The first-order valence-electron chi connectivity index (χ1n) is 5.63. The van der Waals surface area contributed by atoms with Crippen molar-refractivity contribution in [3.63, 3.8) is 0 Å². The number of aromatic hydroxyl groups is 1. The highest BCUT2D eigenvalue weighted by atomic mass is 16.6. The van der Waals surface area contributed by atoms with E-state index in [9.17, 15) is 10.1 Å². The van der Waals surface area contributed by atoms with Crippen LogP contribution in [0.3, 0.4) is 0 Å². The summed E-state index contributed by atoms with van der Waals surface area (Å²) >= 11 is 0. The molecule has 19 heavy (non-hydrogen) atoms. The number of hydrogen-bond donors (Lipinski definition) is 2. The molecule has 0 saturated carbocycles. The van der Waals surface area contributed by atoms with Crippen LogP contribution in [0.25, 0.3) is 0 Å². The monoisotopic (exact) mass is 260 g/mol. The summed E-state index contributed by atoms with van der Waals surface area (Å²) in [6, 6.07) is 6.90. The zero-order valence-corrected chi connectivity index (χ0v) is 9.98. The number of phenolic OH excluding ortho intramolecular Hbond substituents is 1. The summed E-state index contributed by atoms with van der Waals surface area (Å²) in [5, 5.41) is 22.5. The zero-order chi connectivity index (χ0) is 13.7. The van der Waals surface area contributed by atoms with Gasteiger partial charge in [-0.25, -0.2) is 9.97 Å². The Balaban J connectivity index is 1.85. The van der Waals surface area contributed by atoms with Crippen molar-refractivity contribution in [1.29, 1.82) is 0 Å². The first-order valence-corrected chi connectivity index (χ1v) is 5.63. The largest absolute Gasteiger partial charge is 0.508 e. The minimum Gasteiger partial charge on any atom is -0.508 e. The number of aromatic nitrogens is 2. The van der Waals surface area contributed by atoms with Crippen molar-refractivity contribution in [2.75, 3.05) is 11.9 Å². The van der Waals surface area contributed by atoms with Crippen LogP contribution in [-0.2, 0) is 6.42 Å². The average Bonchev–Trinajstić information content (AvgIpc) is 2.41. The minimum absolute atomic E-state index is 0.135. The summed E-state index contributed by atoms with van der Waals surface area (Å²) in [4.78, 5) is 17.6. The summed E-state index contributed by atoms with van der Waals surface area (Å²) in [6.07, 6.45) is 3.06. The number of rotatable bonds is 5. The molecule has 7 nitrogen and oxygen atoms in total. The molecule has 0 unspecified atom stereocenters. The van der Waals surface area contributed by atoms with Gasteiger partial charge in [0.2, 0.25) is 5.95 Å². The maximum absolute atomic E-state index is 10.4. The molecule has 0 saturated heterocycles. The average molecular weight is 260 g/mol. The lowest BCUT2D eigenvalue weighted by Crippen LogP contribution is -2.07. The Morgan fingerprint density at radius 1 is 1.21 bits per heavy atom. The van der Waals surface area contributed by atoms with E-state index in [0.717, 1.165) is 24.4 Å². The van der Waals surface area contributed by atoms with Gasteiger partial charge in [0.05, 0.1) is 4.92 Å². The molecule has 2 aromatic rings. The van der Waals surface area contributed by atoms with Gasteiger partial charge in [-0.2, -0.15) is 0 Å². The molecule has 2 N–H and O–H groups in total. The fourth-order valence-corrected chi connectivity index (χ4v) is 1.49. The van der Waals surface area contributed by atoms with Crippen molar-refractivity contribution in [1.82, 2.24) is 9.97 Å². The van der Waals surface area contributed by atoms with Gasteiger partial charge in [0.15, 0.2) is 0 Å². The number of hydrogen-bond acceptors (Lipinski definition) is 6. The quantitative estimate of drug-likeness (QED) is 0.627. The number of anilines is 1. The van der Waals surface area contributed by atoms with Crippen LogP contribution in [0.1, 0.15) is 5.56 Å². The van der Waals surface area contributed by atoms with Gasteiger partial charge in [-0.15, -0.1) is 0 Å². The number of benzene rings is 1. The molecule has 0 radical (unpaired) electrons. The molecule has 0 bridgehead atoms. The van der Waals surface area contributed by atoms with Crippen LogP contribution < -0.4 is 5.32 Å². The van der Waals surface area contributed by atoms with Gasteiger partial charge in [-0.1, -0.05) is 12.1 Å². The second kappa shape index (κ2) is 5.76. The molecule has 7 heteroatoms. The molecule has 0 atom stereocenters. The molecule has 0 aliphatic heterocycles. The molecule has 1 aromatic heterocycles. The molecule has 0 aliphatic carbocycles. The third-order valence-corrected chi connectivity index (χ3v) is 2.48. The van der Waals surface area contributed by atoms with E-state index in [-0.39, 0.29) is 11.4 Å². The minimum atomic E-state index is -0.541. The first kappa shape index (κ1) is 12.7. The molecule has 0 spiro atoms. The van der Waals surface area contributed by atoms with E-state index < -0.39 is 4.92 Å². The van der Waals surface area contributed by atoms with Gasteiger partial charge in [0.25, 0.3) is 0 Å². The number of nitro groups is 1. The molecule has 1 aromatic carbocycles. The number of nitrogens with zero attached hydrogens (tertiary/aromatic N) is 3. The van der Waals surface area contributed by atoms with Crippen LogP contribution in [0.4, 0.5) is 11.6 Å². The molecular formula is C12H12N4O3. The lowest BCUT2D eigenvalue weighted by molar-refractivity contribution is -0.385.